The zero-order chi connectivity index (χ0) is 23.5. The highest BCUT2D eigenvalue weighted by Gasteiger charge is 2.55. The molecule has 8 saturated carbocycles. The zero-order valence-corrected chi connectivity index (χ0v) is 22.4. The third-order valence-electron chi connectivity index (χ3n) is 12.2. The van der Waals surface area contributed by atoms with Gasteiger partial charge < -0.3 is 9.47 Å². The van der Waals surface area contributed by atoms with Gasteiger partial charge in [-0.2, -0.15) is 0 Å². The second-order valence-corrected chi connectivity index (χ2v) is 15.3. The summed E-state index contributed by atoms with van der Waals surface area (Å²) < 4.78 is 13.0. The Morgan fingerprint density at radius 1 is 0.714 bits per heavy atom. The Hall–Kier alpha value is -1.02. The Morgan fingerprint density at radius 2 is 1.14 bits per heavy atom. The summed E-state index contributed by atoms with van der Waals surface area (Å²) >= 11 is 0. The average molecular weight is 475 g/mol. The van der Waals surface area contributed by atoms with Gasteiger partial charge in [0.05, 0.1) is 6.61 Å². The summed E-state index contributed by atoms with van der Waals surface area (Å²) in [5.74, 6) is 7.59. The maximum absolute atomic E-state index is 7.15. The predicted octanol–water partition coefficient (Wildman–Crippen LogP) is 7.73. The van der Waals surface area contributed by atoms with Crippen LogP contribution in [0.5, 0.6) is 5.75 Å². The molecule has 9 aliphatic rings. The minimum atomic E-state index is 0.189. The fourth-order valence-electron chi connectivity index (χ4n) is 11.7. The Morgan fingerprint density at radius 3 is 1.54 bits per heavy atom. The molecule has 2 atom stereocenters. The highest BCUT2D eigenvalue weighted by Crippen LogP contribution is 2.64. The number of benzene rings is 1. The number of hydrogen-bond donors (Lipinski definition) is 0. The van der Waals surface area contributed by atoms with E-state index in [1.807, 2.05) is 0 Å². The Balaban J connectivity index is 1.24. The van der Waals surface area contributed by atoms with E-state index in [0.717, 1.165) is 42.1 Å². The molecule has 190 valence electrons. The zero-order valence-electron chi connectivity index (χ0n) is 22.4. The summed E-state index contributed by atoms with van der Waals surface area (Å²) in [6.45, 7) is 7.99. The summed E-state index contributed by atoms with van der Waals surface area (Å²) in [7, 11) is 0. The standard InChI is InChI=1S/C33H46O2/c1-19(2)31(30-18-34-30)35-29-11-27(32-12-21-5-22(13-32)7-23(6-21)14-32)20(3)4-28(29)33-15-24-8-25(16-33)10-26(9-24)17-33/h4,11,19,21-26,30-31H,5-10,12-18H2,1-3H3. The molecule has 1 aliphatic heterocycles. The van der Waals surface area contributed by atoms with E-state index in [0.29, 0.717) is 22.9 Å². The fraction of sp³-hybridized carbons (Fsp3) is 0.818. The van der Waals surface area contributed by atoms with Crippen molar-refractivity contribution in [2.45, 2.75) is 121 Å². The maximum Gasteiger partial charge on any atom is 0.129 e. The molecule has 0 aromatic heterocycles. The number of ether oxygens (including phenoxy) is 2. The van der Waals surface area contributed by atoms with Gasteiger partial charge in [0.15, 0.2) is 0 Å². The first-order valence-corrected chi connectivity index (χ1v) is 15.3. The summed E-state index contributed by atoms with van der Waals surface area (Å²) in [6, 6.07) is 5.32. The normalized spacial score (nSPS) is 47.5. The van der Waals surface area contributed by atoms with E-state index in [4.69, 9.17) is 9.47 Å². The van der Waals surface area contributed by atoms with E-state index in [1.165, 1.54) is 82.8 Å². The predicted molar refractivity (Wildman–Crippen MR) is 140 cm³/mol. The van der Waals surface area contributed by atoms with Crippen LogP contribution in [0, 0.1) is 48.3 Å². The quantitative estimate of drug-likeness (QED) is 0.393. The molecule has 0 spiro atoms. The minimum Gasteiger partial charge on any atom is -0.487 e. The lowest BCUT2D eigenvalue weighted by molar-refractivity contribution is -0.00928. The maximum atomic E-state index is 7.15. The Bertz CT molecular complexity index is 944. The molecule has 10 rings (SSSR count). The topological polar surface area (TPSA) is 21.8 Å². The van der Waals surface area contributed by atoms with Gasteiger partial charge in [-0.1, -0.05) is 19.9 Å². The van der Waals surface area contributed by atoms with Crippen molar-refractivity contribution in [1.29, 1.82) is 0 Å². The molecule has 1 aromatic rings. The van der Waals surface area contributed by atoms with Gasteiger partial charge in [-0.15, -0.1) is 0 Å². The number of epoxide rings is 1. The molecule has 1 saturated heterocycles. The van der Waals surface area contributed by atoms with E-state index < -0.39 is 0 Å². The van der Waals surface area contributed by atoms with Crippen LogP contribution >= 0.6 is 0 Å². The highest BCUT2D eigenvalue weighted by atomic mass is 16.6. The van der Waals surface area contributed by atoms with Crippen LogP contribution in [0.4, 0.5) is 0 Å². The molecule has 0 N–H and O–H groups in total. The van der Waals surface area contributed by atoms with Crippen LogP contribution in [0.1, 0.15) is 108 Å². The molecule has 2 unspecified atom stereocenters. The van der Waals surface area contributed by atoms with Crippen molar-refractivity contribution in [2.24, 2.45) is 41.4 Å². The van der Waals surface area contributed by atoms with Crippen LogP contribution < -0.4 is 4.74 Å². The SMILES string of the molecule is Cc1cc(C23CC4CC(CC(C4)C2)C3)c(OC(C(C)C)C2CO2)cc1C12CC3CC(CC(C3)C1)C2. The molecule has 0 radical (unpaired) electrons. The van der Waals surface area contributed by atoms with Crippen LogP contribution in [0.3, 0.4) is 0 Å². The molecule has 0 amide bonds. The first-order valence-electron chi connectivity index (χ1n) is 15.3. The first-order chi connectivity index (χ1) is 16.9. The lowest BCUT2D eigenvalue weighted by atomic mass is 9.46. The lowest BCUT2D eigenvalue weighted by Crippen LogP contribution is -2.50. The number of hydrogen-bond acceptors (Lipinski definition) is 2. The van der Waals surface area contributed by atoms with Crippen molar-refractivity contribution < 1.29 is 9.47 Å². The number of aryl methyl sites for hydroxylation is 1. The summed E-state index contributed by atoms with van der Waals surface area (Å²) in [5.41, 5.74) is 5.68. The first kappa shape index (κ1) is 22.0. The fourth-order valence-corrected chi connectivity index (χ4v) is 11.7. The van der Waals surface area contributed by atoms with Crippen molar-refractivity contribution in [1.82, 2.24) is 0 Å². The second-order valence-electron chi connectivity index (χ2n) is 15.3. The van der Waals surface area contributed by atoms with E-state index >= 15 is 0 Å². The van der Waals surface area contributed by atoms with Crippen LogP contribution in [-0.2, 0) is 15.6 Å². The largest absolute Gasteiger partial charge is 0.487 e. The van der Waals surface area contributed by atoms with E-state index in [2.05, 4.69) is 32.9 Å². The van der Waals surface area contributed by atoms with Gasteiger partial charge >= 0.3 is 0 Å². The second kappa shape index (κ2) is 7.52. The molecule has 8 aliphatic carbocycles. The smallest absolute Gasteiger partial charge is 0.129 e. The molecular weight excluding hydrogens is 428 g/mol. The van der Waals surface area contributed by atoms with Crippen molar-refractivity contribution in [2.75, 3.05) is 6.61 Å². The van der Waals surface area contributed by atoms with Crippen LogP contribution in [-0.4, -0.2) is 18.8 Å². The van der Waals surface area contributed by atoms with E-state index in [9.17, 15) is 0 Å². The van der Waals surface area contributed by atoms with Crippen molar-refractivity contribution in [3.8, 4) is 5.75 Å². The number of rotatable bonds is 6. The molecular formula is C33H46O2. The van der Waals surface area contributed by atoms with E-state index in [-0.39, 0.29) is 6.10 Å². The molecule has 8 bridgehead atoms. The summed E-state index contributed by atoms with van der Waals surface area (Å²) in [6.07, 6.45) is 18.1. The van der Waals surface area contributed by atoms with Gasteiger partial charge in [-0.05, 0) is 153 Å². The van der Waals surface area contributed by atoms with Crippen LogP contribution in [0.15, 0.2) is 12.1 Å². The van der Waals surface area contributed by atoms with E-state index in [1.54, 1.807) is 16.7 Å². The van der Waals surface area contributed by atoms with Crippen molar-refractivity contribution in [3.05, 3.63) is 28.8 Å². The average Bonchev–Trinajstić information content (AvgIpc) is 3.61. The van der Waals surface area contributed by atoms with Gasteiger partial charge in [-0.3, -0.25) is 0 Å². The van der Waals surface area contributed by atoms with Gasteiger partial charge in [0.1, 0.15) is 18.0 Å². The lowest BCUT2D eigenvalue weighted by Gasteiger charge is -2.58. The molecule has 1 heterocycles. The molecule has 2 nitrogen and oxygen atoms in total. The molecule has 9 fully saturated rings. The Kier molecular flexibility index (Phi) is 4.73. The minimum absolute atomic E-state index is 0.189. The molecule has 35 heavy (non-hydrogen) atoms. The van der Waals surface area contributed by atoms with Gasteiger partial charge in [-0.25, -0.2) is 0 Å². The monoisotopic (exact) mass is 474 g/mol. The highest BCUT2D eigenvalue weighted by molar-refractivity contribution is 5.51. The van der Waals surface area contributed by atoms with Gasteiger partial charge in [0, 0.05) is 5.56 Å². The third-order valence-corrected chi connectivity index (χ3v) is 12.2. The summed E-state index contributed by atoms with van der Waals surface area (Å²) in [5, 5.41) is 0. The van der Waals surface area contributed by atoms with Crippen molar-refractivity contribution >= 4 is 0 Å². The van der Waals surface area contributed by atoms with Crippen LogP contribution in [0.25, 0.3) is 0 Å². The summed E-state index contributed by atoms with van der Waals surface area (Å²) in [4.78, 5) is 0. The van der Waals surface area contributed by atoms with Crippen LogP contribution in [0.2, 0.25) is 0 Å². The van der Waals surface area contributed by atoms with Gasteiger partial charge in [0.25, 0.3) is 0 Å². The molecule has 1 aromatic carbocycles. The van der Waals surface area contributed by atoms with Crippen molar-refractivity contribution in [3.63, 3.8) is 0 Å². The molecule has 2 heteroatoms. The Labute approximate surface area is 212 Å². The van der Waals surface area contributed by atoms with Gasteiger partial charge in [0.2, 0.25) is 0 Å². The third kappa shape index (κ3) is 3.44.